The van der Waals surface area contributed by atoms with E-state index in [0.29, 0.717) is 24.2 Å². The Morgan fingerprint density at radius 3 is 2.85 bits per heavy atom. The second kappa shape index (κ2) is 7.05. The molecule has 0 aromatic heterocycles. The highest BCUT2D eigenvalue weighted by Gasteiger charge is 2.18. The van der Waals surface area contributed by atoms with Crippen molar-refractivity contribution in [1.29, 1.82) is 0 Å². The topological polar surface area (TPSA) is 67.4 Å². The van der Waals surface area contributed by atoms with Gasteiger partial charge in [-0.15, -0.1) is 0 Å². The maximum absolute atomic E-state index is 12.2. The van der Waals surface area contributed by atoms with Crippen LogP contribution in [0.4, 0.5) is 5.69 Å². The summed E-state index contributed by atoms with van der Waals surface area (Å²) in [6.45, 7) is 3.05. The molecule has 5 heteroatoms. The molecule has 0 aliphatic carbocycles. The fraction of sp³-hybridized carbons (Fsp3) is 0.467. The summed E-state index contributed by atoms with van der Waals surface area (Å²) in [6.07, 6.45) is 2.51. The zero-order valence-corrected chi connectivity index (χ0v) is 11.6. The summed E-state index contributed by atoms with van der Waals surface area (Å²) < 4.78 is 5.47. The van der Waals surface area contributed by atoms with Crippen LogP contribution in [-0.2, 0) is 9.53 Å². The van der Waals surface area contributed by atoms with Gasteiger partial charge in [0.1, 0.15) is 0 Å². The minimum Gasteiger partial charge on any atom is -0.376 e. The van der Waals surface area contributed by atoms with Crippen LogP contribution in [0.3, 0.4) is 0 Å². The van der Waals surface area contributed by atoms with Crippen molar-refractivity contribution in [1.82, 2.24) is 5.32 Å². The molecule has 2 rings (SSSR count). The van der Waals surface area contributed by atoms with E-state index in [9.17, 15) is 9.59 Å². The monoisotopic (exact) mass is 276 g/mol. The lowest BCUT2D eigenvalue weighted by atomic mass is 10.1. The Morgan fingerprint density at radius 2 is 2.15 bits per heavy atom. The molecule has 2 amide bonds. The largest absolute Gasteiger partial charge is 0.376 e. The normalized spacial score (nSPS) is 17.8. The van der Waals surface area contributed by atoms with Gasteiger partial charge in [0, 0.05) is 19.6 Å². The van der Waals surface area contributed by atoms with Crippen LogP contribution in [0.25, 0.3) is 0 Å². The van der Waals surface area contributed by atoms with E-state index in [1.807, 2.05) is 0 Å². The third-order valence-electron chi connectivity index (χ3n) is 3.28. The Hall–Kier alpha value is -1.88. The molecule has 20 heavy (non-hydrogen) atoms. The number of ether oxygens (including phenoxy) is 1. The number of rotatable bonds is 5. The Balaban J connectivity index is 1.99. The van der Waals surface area contributed by atoms with Crippen molar-refractivity contribution in [3.8, 4) is 0 Å². The van der Waals surface area contributed by atoms with Gasteiger partial charge in [0.2, 0.25) is 5.91 Å². The summed E-state index contributed by atoms with van der Waals surface area (Å²) in [5, 5.41) is 5.60. The van der Waals surface area contributed by atoms with Crippen LogP contribution in [0.1, 0.15) is 36.5 Å². The van der Waals surface area contributed by atoms with E-state index >= 15 is 0 Å². The van der Waals surface area contributed by atoms with Crippen LogP contribution in [-0.4, -0.2) is 31.1 Å². The molecule has 1 aliphatic heterocycles. The lowest BCUT2D eigenvalue weighted by Crippen LogP contribution is -2.32. The summed E-state index contributed by atoms with van der Waals surface area (Å²) in [4.78, 5) is 23.6. The lowest BCUT2D eigenvalue weighted by Gasteiger charge is -2.13. The molecular formula is C15H20N2O3. The van der Waals surface area contributed by atoms with Crippen molar-refractivity contribution in [2.75, 3.05) is 18.5 Å². The minimum absolute atomic E-state index is 0.107. The molecule has 1 unspecified atom stereocenters. The number of benzene rings is 1. The lowest BCUT2D eigenvalue weighted by molar-refractivity contribution is -0.115. The average molecular weight is 276 g/mol. The van der Waals surface area contributed by atoms with Crippen molar-refractivity contribution in [3.05, 3.63) is 29.8 Å². The first kappa shape index (κ1) is 14.5. The number of carbonyl (C=O) groups is 2. The van der Waals surface area contributed by atoms with Crippen LogP contribution in [0.5, 0.6) is 0 Å². The van der Waals surface area contributed by atoms with Gasteiger partial charge in [0.05, 0.1) is 17.4 Å². The van der Waals surface area contributed by atoms with Crippen LogP contribution in [0.2, 0.25) is 0 Å². The molecule has 0 spiro atoms. The molecule has 108 valence electrons. The maximum Gasteiger partial charge on any atom is 0.253 e. The molecule has 1 heterocycles. The van der Waals surface area contributed by atoms with E-state index in [1.54, 1.807) is 31.2 Å². The van der Waals surface area contributed by atoms with Crippen LogP contribution in [0, 0.1) is 0 Å². The molecule has 1 atom stereocenters. The second-order valence-corrected chi connectivity index (χ2v) is 4.79. The second-order valence-electron chi connectivity index (χ2n) is 4.79. The van der Waals surface area contributed by atoms with Crippen molar-refractivity contribution in [2.24, 2.45) is 0 Å². The maximum atomic E-state index is 12.2. The zero-order chi connectivity index (χ0) is 14.4. The Bertz CT molecular complexity index is 482. The van der Waals surface area contributed by atoms with Gasteiger partial charge in [0.25, 0.3) is 5.91 Å². The van der Waals surface area contributed by atoms with Crippen molar-refractivity contribution < 1.29 is 14.3 Å². The quantitative estimate of drug-likeness (QED) is 0.863. The summed E-state index contributed by atoms with van der Waals surface area (Å²) in [5.41, 5.74) is 1.02. The third-order valence-corrected chi connectivity index (χ3v) is 3.28. The highest BCUT2D eigenvalue weighted by Crippen LogP contribution is 2.16. The number of anilines is 1. The molecule has 2 N–H and O–H groups in total. The van der Waals surface area contributed by atoms with Gasteiger partial charge in [-0.05, 0) is 25.0 Å². The Morgan fingerprint density at radius 1 is 1.35 bits per heavy atom. The number of para-hydroxylation sites is 1. The van der Waals surface area contributed by atoms with Gasteiger partial charge in [-0.25, -0.2) is 0 Å². The third kappa shape index (κ3) is 3.81. The zero-order valence-electron chi connectivity index (χ0n) is 11.6. The van der Waals surface area contributed by atoms with Crippen molar-refractivity contribution in [3.63, 3.8) is 0 Å². The Labute approximate surface area is 118 Å². The molecule has 1 aromatic rings. The molecule has 1 fully saturated rings. The number of carbonyl (C=O) groups excluding carboxylic acids is 2. The molecular weight excluding hydrogens is 256 g/mol. The first-order valence-electron chi connectivity index (χ1n) is 6.99. The van der Waals surface area contributed by atoms with E-state index in [0.717, 1.165) is 19.4 Å². The van der Waals surface area contributed by atoms with E-state index in [4.69, 9.17) is 4.74 Å². The number of hydrogen-bond donors (Lipinski definition) is 2. The van der Waals surface area contributed by atoms with Crippen molar-refractivity contribution in [2.45, 2.75) is 32.3 Å². The standard InChI is InChI=1S/C15H20N2O3/c1-2-14(18)17-13-8-4-3-7-12(13)15(19)16-10-11-6-5-9-20-11/h3-4,7-8,11H,2,5-6,9-10H2,1H3,(H,16,19)(H,17,18). The predicted molar refractivity (Wildman–Crippen MR) is 76.7 cm³/mol. The highest BCUT2D eigenvalue weighted by molar-refractivity contribution is 6.03. The highest BCUT2D eigenvalue weighted by atomic mass is 16.5. The van der Waals surface area contributed by atoms with Gasteiger partial charge in [-0.1, -0.05) is 19.1 Å². The van der Waals surface area contributed by atoms with Crippen molar-refractivity contribution >= 4 is 17.5 Å². The molecule has 5 nitrogen and oxygen atoms in total. The number of amides is 2. The average Bonchev–Trinajstić information content (AvgIpc) is 2.98. The minimum atomic E-state index is -0.187. The summed E-state index contributed by atoms with van der Waals surface area (Å²) in [7, 11) is 0. The Kier molecular flexibility index (Phi) is 5.12. The van der Waals surface area contributed by atoms with E-state index < -0.39 is 0 Å². The molecule has 0 saturated carbocycles. The fourth-order valence-corrected chi connectivity index (χ4v) is 2.14. The molecule has 1 aliphatic rings. The molecule has 0 bridgehead atoms. The van der Waals surface area contributed by atoms with E-state index in [-0.39, 0.29) is 17.9 Å². The van der Waals surface area contributed by atoms with E-state index in [1.165, 1.54) is 0 Å². The summed E-state index contributed by atoms with van der Waals surface area (Å²) >= 11 is 0. The predicted octanol–water partition coefficient (Wildman–Crippen LogP) is 1.94. The molecule has 1 aromatic carbocycles. The summed E-state index contributed by atoms with van der Waals surface area (Å²) in [6, 6.07) is 7.01. The number of nitrogens with one attached hydrogen (secondary N) is 2. The first-order chi connectivity index (χ1) is 9.70. The molecule has 1 saturated heterocycles. The van der Waals surface area contributed by atoms with Gasteiger partial charge in [-0.3, -0.25) is 9.59 Å². The smallest absolute Gasteiger partial charge is 0.253 e. The summed E-state index contributed by atoms with van der Waals surface area (Å²) in [5.74, 6) is -0.295. The van der Waals surface area contributed by atoms with Crippen LogP contribution < -0.4 is 10.6 Å². The number of hydrogen-bond acceptors (Lipinski definition) is 3. The van der Waals surface area contributed by atoms with Crippen LogP contribution >= 0.6 is 0 Å². The van der Waals surface area contributed by atoms with Crippen LogP contribution in [0.15, 0.2) is 24.3 Å². The fourth-order valence-electron chi connectivity index (χ4n) is 2.14. The first-order valence-corrected chi connectivity index (χ1v) is 6.99. The molecule has 0 radical (unpaired) electrons. The van der Waals surface area contributed by atoms with Gasteiger partial charge in [-0.2, -0.15) is 0 Å². The SMILES string of the molecule is CCC(=O)Nc1ccccc1C(=O)NCC1CCCO1. The van der Waals surface area contributed by atoms with E-state index in [2.05, 4.69) is 10.6 Å². The van der Waals surface area contributed by atoms with Gasteiger partial charge >= 0.3 is 0 Å². The van der Waals surface area contributed by atoms with Gasteiger partial charge in [0.15, 0.2) is 0 Å². The van der Waals surface area contributed by atoms with Gasteiger partial charge < -0.3 is 15.4 Å².